The number of aromatic amines is 1. The number of rotatable bonds is 3. The Bertz CT molecular complexity index is 1140. The van der Waals surface area contributed by atoms with Gasteiger partial charge in [0.25, 0.3) is 5.56 Å². The van der Waals surface area contributed by atoms with Gasteiger partial charge in [-0.3, -0.25) is 14.7 Å². The van der Waals surface area contributed by atoms with E-state index in [1.807, 2.05) is 36.4 Å². The molecule has 4 rings (SSSR count). The number of pyridine rings is 1. The highest BCUT2D eigenvalue weighted by Gasteiger charge is 2.21. The molecule has 5 nitrogen and oxygen atoms in total. The molecular weight excluding hydrogens is 314 g/mol. The van der Waals surface area contributed by atoms with Crippen LogP contribution in [0.1, 0.15) is 21.6 Å². The quantitative estimate of drug-likeness (QED) is 0.587. The first kappa shape index (κ1) is 15.1. The summed E-state index contributed by atoms with van der Waals surface area (Å²) < 4.78 is 1.30. The van der Waals surface area contributed by atoms with Crippen LogP contribution in [0.5, 0.6) is 0 Å². The minimum absolute atomic E-state index is 0.140. The van der Waals surface area contributed by atoms with E-state index >= 15 is 0 Å². The Hall–Kier alpha value is -3.47. The van der Waals surface area contributed by atoms with Crippen LogP contribution in [-0.4, -0.2) is 20.5 Å². The fourth-order valence-electron chi connectivity index (χ4n) is 2.94. The van der Waals surface area contributed by atoms with E-state index in [4.69, 9.17) is 0 Å². The maximum Gasteiger partial charge on any atom is 0.284 e. The van der Waals surface area contributed by atoms with Crippen LogP contribution >= 0.6 is 0 Å². The predicted molar refractivity (Wildman–Crippen MR) is 96.3 cm³/mol. The largest absolute Gasteiger partial charge is 0.293 e. The topological polar surface area (TPSA) is 67.8 Å². The van der Waals surface area contributed by atoms with Crippen LogP contribution in [0, 0.1) is 6.92 Å². The lowest BCUT2D eigenvalue weighted by Gasteiger charge is -2.02. The summed E-state index contributed by atoms with van der Waals surface area (Å²) in [6.45, 7) is 1.72. The van der Waals surface area contributed by atoms with Crippen LogP contribution in [0.25, 0.3) is 16.6 Å². The summed E-state index contributed by atoms with van der Waals surface area (Å²) in [6.07, 6.45) is 1.60. The first-order valence-electron chi connectivity index (χ1n) is 7.91. The highest BCUT2D eigenvalue weighted by Crippen LogP contribution is 2.18. The fraction of sp³-hybridized carbons (Fsp3) is 0.0500. The van der Waals surface area contributed by atoms with E-state index in [0.29, 0.717) is 17.1 Å². The highest BCUT2D eigenvalue weighted by atomic mass is 16.2. The fourth-order valence-corrected chi connectivity index (χ4v) is 2.94. The SMILES string of the molecule is Cc1[nH]n(-c2ccccn2)c(=O)c1C(=O)c1ccc2ccccc2c1. The third-order valence-corrected chi connectivity index (χ3v) is 4.19. The predicted octanol–water partition coefficient (Wildman–Crippen LogP) is 3.25. The molecule has 4 aromatic rings. The molecule has 0 radical (unpaired) electrons. The summed E-state index contributed by atoms with van der Waals surface area (Å²) in [7, 11) is 0. The molecule has 0 amide bonds. The third-order valence-electron chi connectivity index (χ3n) is 4.19. The number of nitrogens with zero attached hydrogens (tertiary/aromatic N) is 2. The Labute approximate surface area is 143 Å². The van der Waals surface area contributed by atoms with Crippen molar-refractivity contribution in [2.45, 2.75) is 6.92 Å². The molecule has 0 saturated carbocycles. The number of nitrogens with one attached hydrogen (secondary N) is 1. The van der Waals surface area contributed by atoms with Crippen molar-refractivity contribution in [3.63, 3.8) is 0 Å². The summed E-state index contributed by atoms with van der Waals surface area (Å²) in [5, 5.41) is 4.95. The van der Waals surface area contributed by atoms with Gasteiger partial charge in [-0.25, -0.2) is 9.67 Å². The van der Waals surface area contributed by atoms with Crippen LogP contribution in [0.15, 0.2) is 71.7 Å². The molecule has 2 aromatic carbocycles. The van der Waals surface area contributed by atoms with Crippen LogP contribution < -0.4 is 5.56 Å². The number of fused-ring (bicyclic) bond motifs is 1. The zero-order chi connectivity index (χ0) is 17.4. The van der Waals surface area contributed by atoms with Gasteiger partial charge in [0.05, 0.1) is 0 Å². The molecule has 0 saturated heterocycles. The maximum absolute atomic E-state index is 12.9. The van der Waals surface area contributed by atoms with Gasteiger partial charge in [0.2, 0.25) is 0 Å². The lowest BCUT2D eigenvalue weighted by molar-refractivity contribution is 0.103. The molecule has 0 aliphatic carbocycles. The summed E-state index contributed by atoms with van der Waals surface area (Å²) in [5.74, 6) is 0.160. The van der Waals surface area contributed by atoms with Gasteiger partial charge in [-0.1, -0.05) is 42.5 Å². The van der Waals surface area contributed by atoms with Crippen LogP contribution in [-0.2, 0) is 0 Å². The summed E-state index contributed by atoms with van der Waals surface area (Å²) in [5.41, 5.74) is 0.759. The van der Waals surface area contributed by atoms with E-state index in [2.05, 4.69) is 10.1 Å². The summed E-state index contributed by atoms with van der Waals surface area (Å²) >= 11 is 0. The average Bonchev–Trinajstić information content (AvgIpc) is 2.95. The van der Waals surface area contributed by atoms with Gasteiger partial charge in [-0.15, -0.1) is 0 Å². The van der Waals surface area contributed by atoms with Gasteiger partial charge >= 0.3 is 0 Å². The zero-order valence-corrected chi connectivity index (χ0v) is 13.6. The third kappa shape index (κ3) is 2.55. The van der Waals surface area contributed by atoms with Crippen LogP contribution in [0.3, 0.4) is 0 Å². The number of aromatic nitrogens is 3. The monoisotopic (exact) mass is 329 g/mol. The van der Waals surface area contributed by atoms with E-state index < -0.39 is 5.56 Å². The lowest BCUT2D eigenvalue weighted by atomic mass is 10.0. The summed E-state index contributed by atoms with van der Waals surface area (Å²) in [6, 6.07) is 18.5. The Morgan fingerprint density at radius 2 is 1.76 bits per heavy atom. The number of hydrogen-bond acceptors (Lipinski definition) is 3. The number of hydrogen-bond donors (Lipinski definition) is 1. The second-order valence-corrected chi connectivity index (χ2v) is 5.83. The second-order valence-electron chi connectivity index (χ2n) is 5.83. The molecule has 0 spiro atoms. The zero-order valence-electron chi connectivity index (χ0n) is 13.6. The molecule has 25 heavy (non-hydrogen) atoms. The van der Waals surface area contributed by atoms with Gasteiger partial charge in [-0.05, 0) is 35.9 Å². The van der Waals surface area contributed by atoms with E-state index in [1.165, 1.54) is 4.68 Å². The van der Waals surface area contributed by atoms with Crippen molar-refractivity contribution in [2.24, 2.45) is 0 Å². The minimum Gasteiger partial charge on any atom is -0.293 e. The minimum atomic E-state index is -0.394. The maximum atomic E-state index is 12.9. The molecular formula is C20H15N3O2. The lowest BCUT2D eigenvalue weighted by Crippen LogP contribution is -2.21. The van der Waals surface area contributed by atoms with E-state index in [9.17, 15) is 9.59 Å². The molecule has 2 heterocycles. The molecule has 122 valence electrons. The first-order chi connectivity index (χ1) is 12.1. The molecule has 5 heteroatoms. The molecule has 0 aliphatic heterocycles. The van der Waals surface area contributed by atoms with Crippen molar-refractivity contribution in [1.29, 1.82) is 0 Å². The number of H-pyrrole nitrogens is 1. The summed E-state index contributed by atoms with van der Waals surface area (Å²) in [4.78, 5) is 29.8. The Balaban J connectivity index is 1.82. The van der Waals surface area contributed by atoms with E-state index in [1.54, 1.807) is 37.4 Å². The normalized spacial score (nSPS) is 10.9. The Kier molecular flexibility index (Phi) is 3.54. The van der Waals surface area contributed by atoms with Gasteiger partial charge in [0.1, 0.15) is 5.56 Å². The van der Waals surface area contributed by atoms with Crippen molar-refractivity contribution in [1.82, 2.24) is 14.8 Å². The number of carbonyl (C=O) groups is 1. The van der Waals surface area contributed by atoms with E-state index in [-0.39, 0.29) is 11.3 Å². The molecule has 0 aliphatic rings. The van der Waals surface area contributed by atoms with Crippen molar-refractivity contribution in [3.05, 3.63) is 94.0 Å². The number of benzene rings is 2. The smallest absolute Gasteiger partial charge is 0.284 e. The highest BCUT2D eigenvalue weighted by molar-refractivity contribution is 6.11. The van der Waals surface area contributed by atoms with Gasteiger partial charge in [0, 0.05) is 17.5 Å². The van der Waals surface area contributed by atoms with Crippen LogP contribution in [0.4, 0.5) is 0 Å². The Morgan fingerprint density at radius 1 is 1.00 bits per heavy atom. The molecule has 0 unspecified atom stereocenters. The number of aryl methyl sites for hydroxylation is 1. The average molecular weight is 329 g/mol. The van der Waals surface area contributed by atoms with Crippen molar-refractivity contribution >= 4 is 16.6 Å². The van der Waals surface area contributed by atoms with Gasteiger partial charge in [-0.2, -0.15) is 0 Å². The van der Waals surface area contributed by atoms with Crippen molar-refractivity contribution in [3.8, 4) is 5.82 Å². The van der Waals surface area contributed by atoms with Crippen LogP contribution in [0.2, 0.25) is 0 Å². The van der Waals surface area contributed by atoms with Gasteiger partial charge in [0.15, 0.2) is 11.6 Å². The van der Waals surface area contributed by atoms with Gasteiger partial charge < -0.3 is 0 Å². The number of carbonyl (C=O) groups excluding carboxylic acids is 1. The molecule has 1 N–H and O–H groups in total. The second kappa shape index (κ2) is 5.87. The standard InChI is InChI=1S/C20H15N3O2/c1-13-18(20(25)23(22-13)17-8-4-5-11-21-17)19(24)16-10-9-14-6-2-3-7-15(14)12-16/h2-12,22H,1H3. The molecule has 0 fully saturated rings. The van der Waals surface area contributed by atoms with E-state index in [0.717, 1.165) is 10.8 Å². The molecule has 0 bridgehead atoms. The van der Waals surface area contributed by atoms with Crippen molar-refractivity contribution in [2.75, 3.05) is 0 Å². The Morgan fingerprint density at radius 3 is 2.52 bits per heavy atom. The molecule has 2 aromatic heterocycles. The first-order valence-corrected chi connectivity index (χ1v) is 7.91. The van der Waals surface area contributed by atoms with Crippen molar-refractivity contribution < 1.29 is 4.79 Å². The number of ketones is 1. The molecule has 0 atom stereocenters.